The lowest BCUT2D eigenvalue weighted by atomic mass is 9.90. The summed E-state index contributed by atoms with van der Waals surface area (Å²) in [5.41, 5.74) is 1.93. The summed E-state index contributed by atoms with van der Waals surface area (Å²) in [4.78, 5) is 11.3. The maximum absolute atomic E-state index is 11.3. The van der Waals surface area contributed by atoms with E-state index in [9.17, 15) is 4.79 Å². The van der Waals surface area contributed by atoms with Gasteiger partial charge in [0.05, 0.1) is 5.54 Å². The van der Waals surface area contributed by atoms with Crippen molar-refractivity contribution in [2.24, 2.45) is 0 Å². The Balaban J connectivity index is 3.00. The number of hydrogen-bond acceptors (Lipinski definition) is 1. The Bertz CT molecular complexity index is 380. The second-order valence-corrected chi connectivity index (χ2v) is 4.13. The van der Waals surface area contributed by atoms with Crippen LogP contribution in [-0.4, -0.2) is 5.91 Å². The lowest BCUT2D eigenvalue weighted by Gasteiger charge is -2.27. The predicted octanol–water partition coefficient (Wildman–Crippen LogP) is 2.53. The van der Waals surface area contributed by atoms with Gasteiger partial charge in [0.15, 0.2) is 0 Å². The molecule has 0 unspecified atom stereocenters. The first-order valence-corrected chi connectivity index (χ1v) is 4.98. The second-order valence-electron chi connectivity index (χ2n) is 4.13. The standard InChI is InChI=1S/C13H17NO/c1-5-12(15)14-13(3,4)11-9-7-6-8-10(11)2/h5-9H,1H2,2-4H3,(H,14,15). The third-order valence-electron chi connectivity index (χ3n) is 2.44. The Hall–Kier alpha value is -1.57. The van der Waals surface area contributed by atoms with E-state index in [1.807, 2.05) is 45.0 Å². The number of rotatable bonds is 3. The van der Waals surface area contributed by atoms with Crippen molar-refractivity contribution in [3.63, 3.8) is 0 Å². The molecule has 1 aromatic carbocycles. The number of nitrogens with one attached hydrogen (secondary N) is 1. The summed E-state index contributed by atoms with van der Waals surface area (Å²) < 4.78 is 0. The minimum absolute atomic E-state index is 0.150. The molecule has 0 aliphatic heterocycles. The van der Waals surface area contributed by atoms with Crippen molar-refractivity contribution in [1.82, 2.24) is 5.32 Å². The third kappa shape index (κ3) is 2.69. The molecule has 0 spiro atoms. The Morgan fingerprint density at radius 1 is 1.40 bits per heavy atom. The predicted molar refractivity (Wildman–Crippen MR) is 62.5 cm³/mol. The van der Waals surface area contributed by atoms with Crippen LogP contribution in [0.5, 0.6) is 0 Å². The number of aryl methyl sites for hydroxylation is 1. The maximum atomic E-state index is 11.3. The van der Waals surface area contributed by atoms with Crippen molar-refractivity contribution in [3.05, 3.63) is 48.0 Å². The van der Waals surface area contributed by atoms with E-state index in [1.54, 1.807) is 0 Å². The van der Waals surface area contributed by atoms with Crippen LogP contribution in [0, 0.1) is 6.92 Å². The largest absolute Gasteiger partial charge is 0.344 e. The van der Waals surface area contributed by atoms with Gasteiger partial charge in [-0.25, -0.2) is 0 Å². The molecule has 1 N–H and O–H groups in total. The summed E-state index contributed by atoms with van der Waals surface area (Å²) in [6, 6.07) is 8.03. The van der Waals surface area contributed by atoms with Gasteiger partial charge in [0.1, 0.15) is 0 Å². The van der Waals surface area contributed by atoms with E-state index in [2.05, 4.69) is 11.9 Å². The first-order valence-electron chi connectivity index (χ1n) is 4.98. The van der Waals surface area contributed by atoms with Crippen LogP contribution in [-0.2, 0) is 10.3 Å². The van der Waals surface area contributed by atoms with Gasteiger partial charge >= 0.3 is 0 Å². The Labute approximate surface area is 91.0 Å². The van der Waals surface area contributed by atoms with E-state index >= 15 is 0 Å². The summed E-state index contributed by atoms with van der Waals surface area (Å²) in [7, 11) is 0. The van der Waals surface area contributed by atoms with Crippen molar-refractivity contribution < 1.29 is 4.79 Å². The molecule has 1 rings (SSSR count). The smallest absolute Gasteiger partial charge is 0.244 e. The molecule has 0 saturated carbocycles. The van der Waals surface area contributed by atoms with Crippen LogP contribution in [0.4, 0.5) is 0 Å². The normalized spacial score (nSPS) is 10.9. The second kappa shape index (κ2) is 4.30. The minimum Gasteiger partial charge on any atom is -0.344 e. The Kier molecular flexibility index (Phi) is 3.30. The van der Waals surface area contributed by atoms with Crippen LogP contribution in [0.25, 0.3) is 0 Å². The van der Waals surface area contributed by atoms with E-state index in [0.717, 1.165) is 5.56 Å². The summed E-state index contributed by atoms with van der Waals surface area (Å²) >= 11 is 0. The van der Waals surface area contributed by atoms with E-state index < -0.39 is 0 Å². The zero-order chi connectivity index (χ0) is 11.5. The van der Waals surface area contributed by atoms with Gasteiger partial charge in [0.25, 0.3) is 0 Å². The van der Waals surface area contributed by atoms with Gasteiger partial charge in [-0.2, -0.15) is 0 Å². The molecule has 0 saturated heterocycles. The molecule has 0 aliphatic carbocycles. The number of hydrogen-bond donors (Lipinski definition) is 1. The number of amides is 1. The molecule has 0 aliphatic rings. The van der Waals surface area contributed by atoms with Crippen molar-refractivity contribution in [2.75, 3.05) is 0 Å². The maximum Gasteiger partial charge on any atom is 0.244 e. The van der Waals surface area contributed by atoms with Gasteiger partial charge in [-0.1, -0.05) is 30.8 Å². The van der Waals surface area contributed by atoms with E-state index in [-0.39, 0.29) is 11.4 Å². The van der Waals surface area contributed by atoms with Crippen molar-refractivity contribution in [3.8, 4) is 0 Å². The lowest BCUT2D eigenvalue weighted by molar-refractivity contribution is -0.118. The first-order chi connectivity index (χ1) is 6.97. The molecule has 0 aromatic heterocycles. The summed E-state index contributed by atoms with van der Waals surface area (Å²) in [5, 5.41) is 2.91. The Morgan fingerprint density at radius 2 is 2.00 bits per heavy atom. The quantitative estimate of drug-likeness (QED) is 0.751. The average Bonchev–Trinajstić information content (AvgIpc) is 2.17. The SMILES string of the molecule is C=CC(=O)NC(C)(C)c1ccccc1C. The van der Waals surface area contributed by atoms with Gasteiger partial charge in [0.2, 0.25) is 5.91 Å². The molecule has 0 radical (unpaired) electrons. The van der Waals surface area contributed by atoms with Crippen molar-refractivity contribution >= 4 is 5.91 Å². The molecule has 80 valence electrons. The van der Waals surface area contributed by atoms with Crippen LogP contribution < -0.4 is 5.32 Å². The zero-order valence-corrected chi connectivity index (χ0v) is 9.50. The summed E-state index contributed by atoms with van der Waals surface area (Å²) in [6.07, 6.45) is 1.29. The fourth-order valence-corrected chi connectivity index (χ4v) is 1.70. The number of benzene rings is 1. The zero-order valence-electron chi connectivity index (χ0n) is 9.50. The Morgan fingerprint density at radius 3 is 2.53 bits per heavy atom. The van der Waals surface area contributed by atoms with Gasteiger partial charge in [-0.15, -0.1) is 0 Å². The highest BCUT2D eigenvalue weighted by atomic mass is 16.1. The van der Waals surface area contributed by atoms with Gasteiger partial charge in [0, 0.05) is 0 Å². The fourth-order valence-electron chi connectivity index (χ4n) is 1.70. The monoisotopic (exact) mass is 203 g/mol. The third-order valence-corrected chi connectivity index (χ3v) is 2.44. The van der Waals surface area contributed by atoms with Gasteiger partial charge in [-0.3, -0.25) is 4.79 Å². The highest BCUT2D eigenvalue weighted by molar-refractivity contribution is 5.87. The summed E-state index contributed by atoms with van der Waals surface area (Å²) in [6.45, 7) is 9.45. The van der Waals surface area contributed by atoms with E-state index in [4.69, 9.17) is 0 Å². The van der Waals surface area contributed by atoms with Gasteiger partial charge < -0.3 is 5.32 Å². The molecular weight excluding hydrogens is 186 g/mol. The number of carbonyl (C=O) groups is 1. The molecule has 0 fully saturated rings. The van der Waals surface area contributed by atoms with Crippen LogP contribution in [0.3, 0.4) is 0 Å². The topological polar surface area (TPSA) is 29.1 Å². The molecule has 2 nitrogen and oxygen atoms in total. The van der Waals surface area contributed by atoms with Crippen molar-refractivity contribution in [1.29, 1.82) is 0 Å². The first kappa shape index (κ1) is 11.5. The molecule has 0 heterocycles. The molecule has 0 bridgehead atoms. The van der Waals surface area contributed by atoms with Crippen molar-refractivity contribution in [2.45, 2.75) is 26.3 Å². The van der Waals surface area contributed by atoms with Crippen LogP contribution in [0.15, 0.2) is 36.9 Å². The summed E-state index contributed by atoms with van der Waals surface area (Å²) in [5.74, 6) is -0.150. The van der Waals surface area contributed by atoms with Crippen LogP contribution >= 0.6 is 0 Å². The number of carbonyl (C=O) groups excluding carboxylic acids is 1. The average molecular weight is 203 g/mol. The fraction of sp³-hybridized carbons (Fsp3) is 0.308. The van der Waals surface area contributed by atoms with Crippen LogP contribution in [0.2, 0.25) is 0 Å². The van der Waals surface area contributed by atoms with E-state index in [1.165, 1.54) is 11.6 Å². The molecular formula is C13H17NO. The highest BCUT2D eigenvalue weighted by Gasteiger charge is 2.22. The molecule has 1 amide bonds. The lowest BCUT2D eigenvalue weighted by Crippen LogP contribution is -2.40. The van der Waals surface area contributed by atoms with Crippen LogP contribution in [0.1, 0.15) is 25.0 Å². The molecule has 2 heteroatoms. The van der Waals surface area contributed by atoms with E-state index in [0.29, 0.717) is 0 Å². The minimum atomic E-state index is -0.364. The molecule has 0 atom stereocenters. The van der Waals surface area contributed by atoms with Gasteiger partial charge in [-0.05, 0) is 38.0 Å². The molecule has 15 heavy (non-hydrogen) atoms. The molecule has 1 aromatic rings. The highest BCUT2D eigenvalue weighted by Crippen LogP contribution is 2.23.